The quantitative estimate of drug-likeness (QED) is 0.363. The molecule has 7 heteroatoms. The van der Waals surface area contributed by atoms with Gasteiger partial charge in [-0.2, -0.15) is 10.4 Å². The first kappa shape index (κ1) is 21.4. The number of rotatable bonds is 6. The molecule has 0 N–H and O–H groups in total. The zero-order chi connectivity index (χ0) is 23.5. The third-order valence-electron chi connectivity index (χ3n) is 6.10. The van der Waals surface area contributed by atoms with Gasteiger partial charge in [-0.15, -0.1) is 0 Å². The highest BCUT2D eigenvalue weighted by atomic mass is 16.5. The molecular weight excluding hydrogens is 424 g/mol. The molecule has 1 aliphatic rings. The maximum atomic E-state index is 9.92. The number of para-hydroxylation sites is 1. The molecule has 0 saturated carbocycles. The Hall–Kier alpha value is -4.44. The lowest BCUT2D eigenvalue weighted by atomic mass is 10.0. The molecule has 1 saturated heterocycles. The van der Waals surface area contributed by atoms with Crippen LogP contribution in [-0.4, -0.2) is 37.7 Å². The van der Waals surface area contributed by atoms with Crippen molar-refractivity contribution in [2.24, 2.45) is 0 Å². The van der Waals surface area contributed by atoms with Gasteiger partial charge in [0, 0.05) is 30.5 Å². The molecule has 0 radical (unpaired) electrons. The Morgan fingerprint density at radius 2 is 2.03 bits per heavy atom. The molecule has 1 fully saturated rings. The van der Waals surface area contributed by atoms with Crippen molar-refractivity contribution >= 4 is 11.0 Å². The van der Waals surface area contributed by atoms with Gasteiger partial charge in [0.15, 0.2) is 5.65 Å². The molecule has 3 heterocycles. The van der Waals surface area contributed by atoms with Gasteiger partial charge in [0.2, 0.25) is 0 Å². The Labute approximate surface area is 198 Å². The van der Waals surface area contributed by atoms with Crippen LogP contribution in [0.2, 0.25) is 0 Å². The smallest absolute Gasteiger partial charge is 0.162 e. The van der Waals surface area contributed by atoms with Crippen LogP contribution in [0.1, 0.15) is 24.4 Å². The summed E-state index contributed by atoms with van der Waals surface area (Å²) in [6.07, 6.45) is 7.09. The van der Waals surface area contributed by atoms with E-state index in [9.17, 15) is 5.26 Å². The van der Waals surface area contributed by atoms with Crippen molar-refractivity contribution in [2.45, 2.75) is 18.9 Å². The highest BCUT2D eigenvalue weighted by molar-refractivity contribution is 5.92. The second kappa shape index (κ2) is 9.20. The molecule has 2 aromatic heterocycles. The molecule has 0 aliphatic carbocycles. The van der Waals surface area contributed by atoms with Crippen molar-refractivity contribution in [2.75, 3.05) is 13.1 Å². The molecule has 0 bridgehead atoms. The Bertz CT molecular complexity index is 1400. The Balaban J connectivity index is 1.54. The highest BCUT2D eigenvalue weighted by Crippen LogP contribution is 2.35. The summed E-state index contributed by atoms with van der Waals surface area (Å²) in [5, 5.41) is 15.7. The van der Waals surface area contributed by atoms with Gasteiger partial charge in [0.1, 0.15) is 23.5 Å². The number of likely N-dealkylation sites (tertiary alicyclic amines) is 1. The maximum Gasteiger partial charge on any atom is 0.162 e. The fourth-order valence-corrected chi connectivity index (χ4v) is 4.39. The first-order chi connectivity index (χ1) is 16.7. The van der Waals surface area contributed by atoms with E-state index in [-0.39, 0.29) is 6.04 Å². The van der Waals surface area contributed by atoms with E-state index in [1.54, 1.807) is 18.3 Å². The molecule has 1 aliphatic heterocycles. The molecule has 0 amide bonds. The van der Waals surface area contributed by atoms with Gasteiger partial charge in [-0.3, -0.25) is 0 Å². The second-order valence-electron chi connectivity index (χ2n) is 8.23. The fourth-order valence-electron chi connectivity index (χ4n) is 4.39. The zero-order valence-electron chi connectivity index (χ0n) is 18.8. The average Bonchev–Trinajstić information content (AvgIpc) is 3.28. The Morgan fingerprint density at radius 1 is 1.18 bits per heavy atom. The molecule has 7 nitrogen and oxygen atoms in total. The minimum atomic E-state index is 0.128. The predicted molar refractivity (Wildman–Crippen MR) is 131 cm³/mol. The fraction of sp³-hybridized carbons (Fsp3) is 0.185. The second-order valence-corrected chi connectivity index (χ2v) is 8.23. The van der Waals surface area contributed by atoms with Crippen LogP contribution in [0, 0.1) is 11.3 Å². The molecule has 1 unspecified atom stereocenters. The van der Waals surface area contributed by atoms with E-state index < -0.39 is 0 Å². The van der Waals surface area contributed by atoms with Crippen molar-refractivity contribution in [1.29, 1.82) is 5.26 Å². The molecule has 5 rings (SSSR count). The van der Waals surface area contributed by atoms with E-state index in [0.717, 1.165) is 48.2 Å². The summed E-state index contributed by atoms with van der Waals surface area (Å²) in [6, 6.07) is 17.4. The topological polar surface area (TPSA) is 79.9 Å². The number of ether oxygens (including phenoxy) is 1. The predicted octanol–water partition coefficient (Wildman–Crippen LogP) is 5.49. The summed E-state index contributed by atoms with van der Waals surface area (Å²) in [7, 11) is 0. The molecule has 4 aromatic rings. The van der Waals surface area contributed by atoms with Crippen LogP contribution in [0.3, 0.4) is 0 Å². The average molecular weight is 449 g/mol. The van der Waals surface area contributed by atoms with Gasteiger partial charge < -0.3 is 9.64 Å². The van der Waals surface area contributed by atoms with Crippen LogP contribution in [0.15, 0.2) is 86.0 Å². The summed E-state index contributed by atoms with van der Waals surface area (Å²) >= 11 is 0. The van der Waals surface area contributed by atoms with Crippen LogP contribution in [0.5, 0.6) is 11.5 Å². The van der Waals surface area contributed by atoms with Gasteiger partial charge in [-0.25, -0.2) is 14.6 Å². The van der Waals surface area contributed by atoms with E-state index in [4.69, 9.17) is 9.84 Å². The zero-order valence-corrected chi connectivity index (χ0v) is 18.8. The van der Waals surface area contributed by atoms with Gasteiger partial charge in [-0.1, -0.05) is 31.4 Å². The molecule has 2 aromatic carbocycles. The third kappa shape index (κ3) is 4.02. The van der Waals surface area contributed by atoms with E-state index in [0.29, 0.717) is 22.8 Å². The normalized spacial score (nSPS) is 15.6. The standard InChI is InChI=1S/C27H24N6O/c1-3-19(2)32-13-7-8-21(17-32)33-27-25(16-29-18-30-27)26(31-33)24-12-11-23(14-20(24)15-28)34-22-9-5-4-6-10-22/h3-6,9-12,14,16,18,21H,1-2,7-8,13,17H2. The first-order valence-corrected chi connectivity index (χ1v) is 11.2. The minimum Gasteiger partial charge on any atom is -0.457 e. The van der Waals surface area contributed by atoms with Gasteiger partial charge in [0.25, 0.3) is 0 Å². The van der Waals surface area contributed by atoms with Crippen molar-refractivity contribution in [3.05, 3.63) is 91.5 Å². The summed E-state index contributed by atoms with van der Waals surface area (Å²) in [4.78, 5) is 11.0. The van der Waals surface area contributed by atoms with Gasteiger partial charge in [0.05, 0.1) is 23.1 Å². The molecule has 168 valence electrons. The van der Waals surface area contributed by atoms with Crippen LogP contribution >= 0.6 is 0 Å². The Morgan fingerprint density at radius 3 is 2.82 bits per heavy atom. The molecule has 0 spiro atoms. The van der Waals surface area contributed by atoms with E-state index in [1.807, 2.05) is 47.1 Å². The maximum absolute atomic E-state index is 9.92. The monoisotopic (exact) mass is 448 g/mol. The van der Waals surface area contributed by atoms with E-state index >= 15 is 0 Å². The highest BCUT2D eigenvalue weighted by Gasteiger charge is 2.26. The summed E-state index contributed by atoms with van der Waals surface area (Å²) in [6.45, 7) is 9.69. The lowest BCUT2D eigenvalue weighted by Gasteiger charge is -2.34. The Kier molecular flexibility index (Phi) is 5.79. The lowest BCUT2D eigenvalue weighted by molar-refractivity contribution is 0.218. The number of piperidine rings is 1. The molecule has 34 heavy (non-hydrogen) atoms. The van der Waals surface area contributed by atoms with E-state index in [2.05, 4.69) is 34.1 Å². The first-order valence-electron chi connectivity index (χ1n) is 11.2. The minimum absolute atomic E-state index is 0.128. The largest absolute Gasteiger partial charge is 0.457 e. The third-order valence-corrected chi connectivity index (χ3v) is 6.10. The molecular formula is C27H24N6O. The number of nitrogens with zero attached hydrogens (tertiary/aromatic N) is 6. The van der Waals surface area contributed by atoms with Gasteiger partial charge in [-0.05, 0) is 49.2 Å². The number of nitriles is 1. The summed E-state index contributed by atoms with van der Waals surface area (Å²) in [5.74, 6) is 1.31. The van der Waals surface area contributed by atoms with E-state index in [1.165, 1.54) is 6.33 Å². The number of aromatic nitrogens is 4. The number of allylic oxidation sites excluding steroid dienone is 1. The van der Waals surface area contributed by atoms with Crippen molar-refractivity contribution in [3.8, 4) is 28.8 Å². The number of fused-ring (bicyclic) bond motifs is 1. The van der Waals surface area contributed by atoms with Crippen LogP contribution < -0.4 is 4.74 Å². The van der Waals surface area contributed by atoms with Gasteiger partial charge >= 0.3 is 0 Å². The summed E-state index contributed by atoms with van der Waals surface area (Å²) < 4.78 is 7.90. The van der Waals surface area contributed by atoms with Crippen LogP contribution in [0.25, 0.3) is 22.3 Å². The number of hydrogen-bond donors (Lipinski definition) is 0. The van der Waals surface area contributed by atoms with Crippen molar-refractivity contribution in [3.63, 3.8) is 0 Å². The van der Waals surface area contributed by atoms with Crippen molar-refractivity contribution in [1.82, 2.24) is 24.6 Å². The lowest BCUT2D eigenvalue weighted by Crippen LogP contribution is -2.35. The summed E-state index contributed by atoms with van der Waals surface area (Å²) in [5.41, 5.74) is 3.57. The van der Waals surface area contributed by atoms with Crippen molar-refractivity contribution < 1.29 is 4.74 Å². The van der Waals surface area contributed by atoms with Crippen LogP contribution in [-0.2, 0) is 0 Å². The SMILES string of the molecule is C=CC(=C)N1CCCC(n2nc(-c3ccc(Oc4ccccc4)cc3C#N)c3cncnc32)C1. The van der Waals surface area contributed by atoms with Crippen LogP contribution in [0.4, 0.5) is 0 Å². The number of hydrogen-bond acceptors (Lipinski definition) is 6. The number of benzene rings is 2. The molecule has 1 atom stereocenters.